The van der Waals surface area contributed by atoms with Gasteiger partial charge in [-0.05, 0) is 25.5 Å². The molecule has 2 aliphatic heterocycles. The van der Waals surface area contributed by atoms with E-state index in [1.165, 1.54) is 0 Å². The second-order valence-corrected chi connectivity index (χ2v) is 9.55. The molecule has 2 rings (SSSR count). The van der Waals surface area contributed by atoms with Crippen molar-refractivity contribution in [2.45, 2.75) is 39.2 Å². The van der Waals surface area contributed by atoms with Crippen LogP contribution in [0.4, 0.5) is 0 Å². The summed E-state index contributed by atoms with van der Waals surface area (Å²) in [6, 6.07) is -0.0275. The molecule has 0 aliphatic carbocycles. The predicted molar refractivity (Wildman–Crippen MR) is 86.9 cm³/mol. The molecule has 0 aromatic rings. The molecule has 0 N–H and O–H groups in total. The Hall–Kier alpha value is -0.270. The number of hydrogen-bond donors (Lipinski definition) is 0. The van der Waals surface area contributed by atoms with Gasteiger partial charge in [0.1, 0.15) is 0 Å². The number of amides is 1. The van der Waals surface area contributed by atoms with Crippen molar-refractivity contribution in [3.8, 4) is 0 Å². The molecule has 0 bridgehead atoms. The normalized spacial score (nSPS) is 27.0. The molecule has 1 atom stereocenters. The third-order valence-electron chi connectivity index (χ3n) is 4.31. The van der Waals surface area contributed by atoms with Crippen molar-refractivity contribution < 1.29 is 13.2 Å². The van der Waals surface area contributed by atoms with Crippen LogP contribution in [-0.2, 0) is 14.8 Å². The van der Waals surface area contributed by atoms with Gasteiger partial charge < -0.3 is 4.90 Å². The molecule has 1 amide bonds. The van der Waals surface area contributed by atoms with Crippen molar-refractivity contribution in [2.75, 3.05) is 37.4 Å². The number of piperidine rings is 1. The Morgan fingerprint density at radius 1 is 1.29 bits per heavy atom. The molecule has 21 heavy (non-hydrogen) atoms. The number of carbonyl (C=O) groups excluding carboxylic acids is 1. The Morgan fingerprint density at radius 3 is 2.57 bits per heavy atom. The van der Waals surface area contributed by atoms with Gasteiger partial charge in [0.2, 0.25) is 15.9 Å². The maximum absolute atomic E-state index is 12.7. The van der Waals surface area contributed by atoms with E-state index in [9.17, 15) is 13.2 Å². The van der Waals surface area contributed by atoms with Gasteiger partial charge in [0.15, 0.2) is 0 Å². The minimum Gasteiger partial charge on any atom is -0.341 e. The van der Waals surface area contributed by atoms with Crippen molar-refractivity contribution in [3.63, 3.8) is 0 Å². The van der Waals surface area contributed by atoms with E-state index in [-0.39, 0.29) is 23.1 Å². The number of carbonyl (C=O) groups is 1. The third kappa shape index (κ3) is 3.74. The van der Waals surface area contributed by atoms with Gasteiger partial charge in [-0.3, -0.25) is 4.79 Å². The lowest BCUT2D eigenvalue weighted by atomic mass is 9.92. The zero-order chi connectivity index (χ0) is 15.7. The Bertz CT molecular complexity index is 490. The average Bonchev–Trinajstić information content (AvgIpc) is 2.77. The first-order valence-corrected chi connectivity index (χ1v) is 10.6. The number of likely N-dealkylation sites (tertiary alicyclic amines) is 1. The molecule has 2 fully saturated rings. The van der Waals surface area contributed by atoms with Crippen molar-refractivity contribution in [3.05, 3.63) is 0 Å². The first-order chi connectivity index (χ1) is 9.78. The molecule has 0 aromatic heterocycles. The lowest BCUT2D eigenvalue weighted by Gasteiger charge is -2.40. The van der Waals surface area contributed by atoms with Gasteiger partial charge in [0.25, 0.3) is 0 Å². The van der Waals surface area contributed by atoms with Crippen LogP contribution in [0.2, 0.25) is 0 Å². The lowest BCUT2D eigenvalue weighted by Crippen LogP contribution is -2.53. The van der Waals surface area contributed by atoms with Gasteiger partial charge in [0.05, 0.1) is 11.2 Å². The van der Waals surface area contributed by atoms with E-state index in [1.54, 1.807) is 16.1 Å². The van der Waals surface area contributed by atoms with Crippen LogP contribution in [0.15, 0.2) is 0 Å². The second kappa shape index (κ2) is 6.46. The van der Waals surface area contributed by atoms with Crippen LogP contribution in [0.1, 0.15) is 33.1 Å². The summed E-state index contributed by atoms with van der Waals surface area (Å²) in [4.78, 5) is 14.5. The van der Waals surface area contributed by atoms with Crippen molar-refractivity contribution in [1.82, 2.24) is 9.21 Å². The topological polar surface area (TPSA) is 57.7 Å². The quantitative estimate of drug-likeness (QED) is 0.780. The molecule has 5 nitrogen and oxygen atoms in total. The van der Waals surface area contributed by atoms with Crippen LogP contribution in [-0.4, -0.2) is 67.0 Å². The highest BCUT2D eigenvalue weighted by Crippen LogP contribution is 2.28. The van der Waals surface area contributed by atoms with E-state index in [1.807, 2.05) is 25.0 Å². The Labute approximate surface area is 132 Å². The van der Waals surface area contributed by atoms with E-state index in [4.69, 9.17) is 0 Å². The molecular formula is C14H26N2O3S2. The monoisotopic (exact) mass is 334 g/mol. The molecule has 2 saturated heterocycles. The molecule has 0 aromatic carbocycles. The largest absolute Gasteiger partial charge is 0.341 e. The minimum atomic E-state index is -3.09. The SMILES string of the molecule is CSCC(C)(C)C(=O)N1CCC[C@H](N2CCCS2(=O)=O)C1. The maximum Gasteiger partial charge on any atom is 0.229 e. The highest BCUT2D eigenvalue weighted by molar-refractivity contribution is 7.98. The van der Waals surface area contributed by atoms with Gasteiger partial charge in [-0.2, -0.15) is 16.1 Å². The Kier molecular flexibility index (Phi) is 5.26. The van der Waals surface area contributed by atoms with Gasteiger partial charge in [0, 0.05) is 31.4 Å². The molecule has 7 heteroatoms. The smallest absolute Gasteiger partial charge is 0.229 e. The molecule has 0 unspecified atom stereocenters. The summed E-state index contributed by atoms with van der Waals surface area (Å²) in [7, 11) is -3.09. The van der Waals surface area contributed by atoms with E-state index in [0.29, 0.717) is 19.5 Å². The first kappa shape index (κ1) is 17.1. The molecule has 2 heterocycles. The number of hydrogen-bond acceptors (Lipinski definition) is 4. The molecular weight excluding hydrogens is 308 g/mol. The molecule has 0 saturated carbocycles. The minimum absolute atomic E-state index is 0.0275. The molecule has 122 valence electrons. The van der Waals surface area contributed by atoms with E-state index >= 15 is 0 Å². The summed E-state index contributed by atoms with van der Waals surface area (Å²) in [6.45, 7) is 5.87. The molecule has 0 radical (unpaired) electrons. The number of rotatable bonds is 4. The summed E-state index contributed by atoms with van der Waals surface area (Å²) >= 11 is 1.67. The average molecular weight is 335 g/mol. The van der Waals surface area contributed by atoms with E-state index in [2.05, 4.69) is 0 Å². The van der Waals surface area contributed by atoms with Gasteiger partial charge in [-0.15, -0.1) is 0 Å². The molecule has 0 spiro atoms. The highest BCUT2D eigenvalue weighted by atomic mass is 32.2. The summed E-state index contributed by atoms with van der Waals surface area (Å²) in [5.74, 6) is 1.20. The maximum atomic E-state index is 12.7. The third-order valence-corrected chi connectivity index (χ3v) is 7.32. The van der Waals surface area contributed by atoms with Crippen LogP contribution in [0.25, 0.3) is 0 Å². The van der Waals surface area contributed by atoms with Gasteiger partial charge in [-0.1, -0.05) is 13.8 Å². The van der Waals surface area contributed by atoms with E-state index in [0.717, 1.165) is 25.1 Å². The van der Waals surface area contributed by atoms with Gasteiger partial charge in [-0.25, -0.2) is 8.42 Å². The fraction of sp³-hybridized carbons (Fsp3) is 0.929. The summed E-state index contributed by atoms with van der Waals surface area (Å²) in [6.07, 6.45) is 4.47. The first-order valence-electron chi connectivity index (χ1n) is 7.56. The summed E-state index contributed by atoms with van der Waals surface area (Å²) in [5, 5.41) is 0. The summed E-state index contributed by atoms with van der Waals surface area (Å²) in [5.41, 5.74) is -0.384. The number of nitrogens with zero attached hydrogens (tertiary/aromatic N) is 2. The standard InChI is InChI=1S/C14H26N2O3S2/c1-14(2,11-20-3)13(17)15-7-4-6-12(10-15)16-8-5-9-21(16,18)19/h12H,4-11H2,1-3H3/t12-/m0/s1. The Balaban J connectivity index is 2.06. The number of sulfonamides is 1. The van der Waals surface area contributed by atoms with Crippen LogP contribution in [0.3, 0.4) is 0 Å². The van der Waals surface area contributed by atoms with Crippen LogP contribution in [0, 0.1) is 5.41 Å². The van der Waals surface area contributed by atoms with E-state index < -0.39 is 10.0 Å². The zero-order valence-electron chi connectivity index (χ0n) is 13.2. The predicted octanol–water partition coefficient (Wildman–Crippen LogP) is 1.40. The molecule has 2 aliphatic rings. The van der Waals surface area contributed by atoms with Gasteiger partial charge >= 0.3 is 0 Å². The highest BCUT2D eigenvalue weighted by Gasteiger charge is 2.39. The van der Waals surface area contributed by atoms with Crippen LogP contribution < -0.4 is 0 Å². The van der Waals surface area contributed by atoms with Crippen molar-refractivity contribution in [2.24, 2.45) is 5.41 Å². The zero-order valence-corrected chi connectivity index (χ0v) is 14.8. The van der Waals surface area contributed by atoms with Crippen LogP contribution in [0.5, 0.6) is 0 Å². The number of thioether (sulfide) groups is 1. The van der Waals surface area contributed by atoms with Crippen molar-refractivity contribution in [1.29, 1.82) is 0 Å². The fourth-order valence-corrected chi connectivity index (χ4v) is 5.90. The lowest BCUT2D eigenvalue weighted by molar-refractivity contribution is -0.141. The summed E-state index contributed by atoms with van der Waals surface area (Å²) < 4.78 is 25.7. The Morgan fingerprint density at radius 2 is 2.00 bits per heavy atom. The van der Waals surface area contributed by atoms with Crippen LogP contribution >= 0.6 is 11.8 Å². The second-order valence-electron chi connectivity index (χ2n) is 6.64. The van der Waals surface area contributed by atoms with Crippen molar-refractivity contribution >= 4 is 27.7 Å². The fourth-order valence-electron chi connectivity index (χ4n) is 3.29.